The number of benzene rings is 8. The van der Waals surface area contributed by atoms with E-state index in [0.29, 0.717) is 0 Å². The Kier molecular flexibility index (Phi) is 6.40. The third kappa shape index (κ3) is 4.46. The Balaban J connectivity index is 1.22. The molecule has 0 radical (unpaired) electrons. The molecule has 2 heteroatoms. The molecule has 0 spiro atoms. The summed E-state index contributed by atoms with van der Waals surface area (Å²) in [6.07, 6.45) is 0. The van der Waals surface area contributed by atoms with Crippen LogP contribution >= 0.6 is 11.3 Å². The molecule has 46 heavy (non-hydrogen) atoms. The summed E-state index contributed by atoms with van der Waals surface area (Å²) < 4.78 is 2.60. The van der Waals surface area contributed by atoms with Gasteiger partial charge in [0.1, 0.15) is 0 Å². The van der Waals surface area contributed by atoms with Crippen LogP contribution in [0.1, 0.15) is 0 Å². The standard InChI is InChI=1S/C44H29NS/c1-2-11-30(12-3-1)31-21-25-34(26-22-31)45(41-18-10-20-43-44(41)39-17-8-9-19-42(39)46-43)35-27-23-32(24-28-35)40-29-33-13-4-5-14-36(33)37-15-6-7-16-38(37)40/h1-29H. The summed E-state index contributed by atoms with van der Waals surface area (Å²) in [6, 6.07) is 63.9. The summed E-state index contributed by atoms with van der Waals surface area (Å²) in [7, 11) is 0. The zero-order chi connectivity index (χ0) is 30.5. The molecule has 0 saturated heterocycles. The first kappa shape index (κ1) is 26.7. The van der Waals surface area contributed by atoms with Crippen LogP contribution in [-0.4, -0.2) is 0 Å². The van der Waals surface area contributed by atoms with Crippen molar-refractivity contribution in [2.75, 3.05) is 4.90 Å². The third-order valence-electron chi connectivity index (χ3n) is 9.06. The van der Waals surface area contributed by atoms with E-state index in [1.54, 1.807) is 0 Å². The SMILES string of the molecule is c1ccc(-c2ccc(N(c3ccc(-c4cc5ccccc5c5ccccc45)cc3)c3cccc4sc5ccccc5c34)cc2)cc1. The second-order valence-electron chi connectivity index (χ2n) is 11.7. The Labute approximate surface area is 272 Å². The van der Waals surface area contributed by atoms with Crippen LogP contribution in [0.2, 0.25) is 0 Å². The van der Waals surface area contributed by atoms with E-state index in [0.717, 1.165) is 11.4 Å². The highest BCUT2D eigenvalue weighted by Gasteiger charge is 2.19. The van der Waals surface area contributed by atoms with Gasteiger partial charge in [-0.25, -0.2) is 0 Å². The molecule has 0 N–H and O–H groups in total. The summed E-state index contributed by atoms with van der Waals surface area (Å²) in [4.78, 5) is 2.42. The minimum Gasteiger partial charge on any atom is -0.310 e. The Hall–Kier alpha value is -5.70. The fourth-order valence-electron chi connectivity index (χ4n) is 6.89. The molecule has 0 saturated carbocycles. The van der Waals surface area contributed by atoms with E-state index in [1.807, 2.05) is 11.3 Å². The molecule has 9 rings (SSSR count). The van der Waals surface area contributed by atoms with E-state index in [2.05, 4.69) is 181 Å². The highest BCUT2D eigenvalue weighted by molar-refractivity contribution is 7.26. The molecule has 0 aliphatic heterocycles. The number of thiophene rings is 1. The molecular formula is C44H29NS. The number of nitrogens with zero attached hydrogens (tertiary/aromatic N) is 1. The third-order valence-corrected chi connectivity index (χ3v) is 10.2. The normalized spacial score (nSPS) is 11.5. The Bertz CT molecular complexity index is 2510. The van der Waals surface area contributed by atoms with Crippen LogP contribution < -0.4 is 4.90 Å². The Morgan fingerprint density at radius 3 is 1.70 bits per heavy atom. The van der Waals surface area contributed by atoms with E-state index in [-0.39, 0.29) is 0 Å². The predicted molar refractivity (Wildman–Crippen MR) is 200 cm³/mol. The van der Waals surface area contributed by atoms with Crippen LogP contribution in [0.25, 0.3) is 64.0 Å². The molecule has 0 bridgehead atoms. The number of fused-ring (bicyclic) bond motifs is 6. The molecule has 0 aliphatic rings. The summed E-state index contributed by atoms with van der Waals surface area (Å²) >= 11 is 1.86. The van der Waals surface area contributed by atoms with Gasteiger partial charge in [0.25, 0.3) is 0 Å². The first-order valence-corrected chi connectivity index (χ1v) is 16.5. The molecule has 1 heterocycles. The highest BCUT2D eigenvalue weighted by atomic mass is 32.1. The van der Waals surface area contributed by atoms with Crippen molar-refractivity contribution in [2.45, 2.75) is 0 Å². The van der Waals surface area contributed by atoms with E-state index < -0.39 is 0 Å². The zero-order valence-corrected chi connectivity index (χ0v) is 25.9. The maximum absolute atomic E-state index is 2.42. The topological polar surface area (TPSA) is 3.24 Å². The monoisotopic (exact) mass is 603 g/mol. The minimum absolute atomic E-state index is 1.13. The summed E-state index contributed by atoms with van der Waals surface area (Å²) in [5.74, 6) is 0. The van der Waals surface area contributed by atoms with E-state index in [1.165, 1.54) is 69.7 Å². The fraction of sp³-hybridized carbons (Fsp3) is 0. The van der Waals surface area contributed by atoms with Crippen LogP contribution in [0.3, 0.4) is 0 Å². The van der Waals surface area contributed by atoms with Gasteiger partial charge >= 0.3 is 0 Å². The van der Waals surface area contributed by atoms with Gasteiger partial charge in [-0.1, -0.05) is 127 Å². The van der Waals surface area contributed by atoms with Gasteiger partial charge in [0.2, 0.25) is 0 Å². The zero-order valence-electron chi connectivity index (χ0n) is 25.1. The number of anilines is 3. The molecule has 0 atom stereocenters. The molecule has 0 amide bonds. The van der Waals surface area contributed by atoms with Gasteiger partial charge in [-0.05, 0) is 92.3 Å². The van der Waals surface area contributed by atoms with Gasteiger partial charge in [-0.2, -0.15) is 0 Å². The molecule has 0 fully saturated rings. The van der Waals surface area contributed by atoms with Crippen LogP contribution in [-0.2, 0) is 0 Å². The maximum atomic E-state index is 2.42. The number of hydrogen-bond donors (Lipinski definition) is 0. The fourth-order valence-corrected chi connectivity index (χ4v) is 8.01. The molecule has 9 aromatic rings. The van der Waals surface area contributed by atoms with Crippen molar-refractivity contribution in [3.05, 3.63) is 176 Å². The lowest BCUT2D eigenvalue weighted by Crippen LogP contribution is -2.10. The van der Waals surface area contributed by atoms with E-state index >= 15 is 0 Å². The molecule has 8 aromatic carbocycles. The van der Waals surface area contributed by atoms with E-state index in [9.17, 15) is 0 Å². The average Bonchev–Trinajstić information content (AvgIpc) is 3.52. The number of hydrogen-bond acceptors (Lipinski definition) is 2. The van der Waals surface area contributed by atoms with Crippen molar-refractivity contribution in [3.8, 4) is 22.3 Å². The molecule has 1 aromatic heterocycles. The average molecular weight is 604 g/mol. The van der Waals surface area contributed by atoms with Gasteiger partial charge in [-0.3, -0.25) is 0 Å². The second-order valence-corrected chi connectivity index (χ2v) is 12.8. The lowest BCUT2D eigenvalue weighted by Gasteiger charge is -2.27. The molecular weight excluding hydrogens is 575 g/mol. The summed E-state index contributed by atoms with van der Waals surface area (Å²) in [5.41, 5.74) is 8.34. The lowest BCUT2D eigenvalue weighted by atomic mass is 9.93. The maximum Gasteiger partial charge on any atom is 0.0554 e. The molecule has 0 aliphatic carbocycles. The van der Waals surface area contributed by atoms with Gasteiger partial charge in [-0.15, -0.1) is 11.3 Å². The summed E-state index contributed by atoms with van der Waals surface area (Å²) in [5, 5.41) is 7.70. The van der Waals surface area contributed by atoms with Crippen molar-refractivity contribution >= 4 is 70.1 Å². The lowest BCUT2D eigenvalue weighted by molar-refractivity contribution is 1.30. The van der Waals surface area contributed by atoms with Crippen LogP contribution in [0.15, 0.2) is 176 Å². The molecule has 1 nitrogen and oxygen atoms in total. The van der Waals surface area contributed by atoms with Crippen molar-refractivity contribution in [1.82, 2.24) is 0 Å². The van der Waals surface area contributed by atoms with Crippen LogP contribution in [0.5, 0.6) is 0 Å². The van der Waals surface area contributed by atoms with Gasteiger partial charge < -0.3 is 4.90 Å². The van der Waals surface area contributed by atoms with Gasteiger partial charge in [0.15, 0.2) is 0 Å². The van der Waals surface area contributed by atoms with Gasteiger partial charge in [0.05, 0.1) is 5.69 Å². The van der Waals surface area contributed by atoms with Crippen molar-refractivity contribution in [3.63, 3.8) is 0 Å². The predicted octanol–water partition coefficient (Wildman–Crippen LogP) is 13.2. The van der Waals surface area contributed by atoms with Crippen molar-refractivity contribution in [1.29, 1.82) is 0 Å². The van der Waals surface area contributed by atoms with Gasteiger partial charge in [0, 0.05) is 31.5 Å². The first-order valence-electron chi connectivity index (χ1n) is 15.7. The Morgan fingerprint density at radius 2 is 0.935 bits per heavy atom. The second kappa shape index (κ2) is 11.0. The molecule has 0 unspecified atom stereocenters. The van der Waals surface area contributed by atoms with Crippen LogP contribution in [0, 0.1) is 0 Å². The van der Waals surface area contributed by atoms with Crippen molar-refractivity contribution in [2.24, 2.45) is 0 Å². The quantitative estimate of drug-likeness (QED) is 0.177. The Morgan fingerprint density at radius 1 is 0.370 bits per heavy atom. The van der Waals surface area contributed by atoms with Crippen LogP contribution in [0.4, 0.5) is 17.1 Å². The smallest absolute Gasteiger partial charge is 0.0554 e. The highest BCUT2D eigenvalue weighted by Crippen LogP contribution is 2.45. The van der Waals surface area contributed by atoms with E-state index in [4.69, 9.17) is 0 Å². The number of rotatable bonds is 5. The largest absolute Gasteiger partial charge is 0.310 e. The van der Waals surface area contributed by atoms with Crippen molar-refractivity contribution < 1.29 is 0 Å². The first-order chi connectivity index (χ1) is 22.8. The summed E-state index contributed by atoms with van der Waals surface area (Å²) in [6.45, 7) is 0. The minimum atomic E-state index is 1.13. The molecule has 216 valence electrons.